The SMILES string of the molecule is CCCNCc1c(C)cc(C)n(CCC(C)C)c1=O. The molecule has 1 aromatic rings. The van der Waals surface area contributed by atoms with E-state index < -0.39 is 0 Å². The summed E-state index contributed by atoms with van der Waals surface area (Å²) in [5.74, 6) is 0.620. The Morgan fingerprint density at radius 3 is 2.58 bits per heavy atom. The van der Waals surface area contributed by atoms with Crippen molar-refractivity contribution in [2.24, 2.45) is 5.92 Å². The lowest BCUT2D eigenvalue weighted by Crippen LogP contribution is -2.30. The zero-order chi connectivity index (χ0) is 14.4. The Morgan fingerprint density at radius 2 is 2.00 bits per heavy atom. The molecule has 0 fully saturated rings. The summed E-state index contributed by atoms with van der Waals surface area (Å²) in [6.07, 6.45) is 2.14. The molecule has 0 aliphatic heterocycles. The van der Waals surface area contributed by atoms with Gasteiger partial charge in [-0.05, 0) is 50.8 Å². The second kappa shape index (κ2) is 7.49. The first-order valence-corrected chi connectivity index (χ1v) is 7.38. The molecular weight excluding hydrogens is 236 g/mol. The van der Waals surface area contributed by atoms with Crippen molar-refractivity contribution in [3.63, 3.8) is 0 Å². The highest BCUT2D eigenvalue weighted by atomic mass is 16.1. The van der Waals surface area contributed by atoms with Crippen LogP contribution in [0.1, 0.15) is 50.4 Å². The first kappa shape index (κ1) is 16.0. The molecule has 0 radical (unpaired) electrons. The van der Waals surface area contributed by atoms with E-state index in [1.165, 1.54) is 0 Å². The topological polar surface area (TPSA) is 34.0 Å². The molecule has 3 heteroatoms. The van der Waals surface area contributed by atoms with Crippen molar-refractivity contribution >= 4 is 0 Å². The molecule has 0 aromatic carbocycles. The van der Waals surface area contributed by atoms with Gasteiger partial charge in [0.2, 0.25) is 0 Å². The Balaban J connectivity index is 2.98. The minimum Gasteiger partial charge on any atom is -0.313 e. The Morgan fingerprint density at radius 1 is 1.32 bits per heavy atom. The lowest BCUT2D eigenvalue weighted by Gasteiger charge is -2.15. The lowest BCUT2D eigenvalue weighted by atomic mass is 10.1. The summed E-state index contributed by atoms with van der Waals surface area (Å²) < 4.78 is 1.93. The molecule has 19 heavy (non-hydrogen) atoms. The minimum absolute atomic E-state index is 0.182. The Kier molecular flexibility index (Phi) is 6.29. The fourth-order valence-electron chi connectivity index (χ4n) is 2.24. The maximum atomic E-state index is 12.5. The number of pyridine rings is 1. The van der Waals surface area contributed by atoms with Gasteiger partial charge in [0.25, 0.3) is 5.56 Å². The average Bonchev–Trinajstić information content (AvgIpc) is 2.32. The van der Waals surface area contributed by atoms with E-state index in [1.807, 2.05) is 18.4 Å². The molecular formula is C16H28N2O. The van der Waals surface area contributed by atoms with Crippen molar-refractivity contribution in [3.05, 3.63) is 33.2 Å². The third-order valence-corrected chi connectivity index (χ3v) is 3.49. The molecule has 0 atom stereocenters. The number of rotatable bonds is 7. The Labute approximate surface area is 117 Å². The summed E-state index contributed by atoms with van der Waals surface area (Å²) in [7, 11) is 0. The van der Waals surface area contributed by atoms with Crippen LogP contribution in [0.15, 0.2) is 10.9 Å². The highest BCUT2D eigenvalue weighted by Gasteiger charge is 2.10. The fourth-order valence-corrected chi connectivity index (χ4v) is 2.24. The van der Waals surface area contributed by atoms with E-state index in [4.69, 9.17) is 0 Å². The molecule has 3 nitrogen and oxygen atoms in total. The summed E-state index contributed by atoms with van der Waals surface area (Å²) in [6, 6.07) is 2.13. The molecule has 0 aliphatic carbocycles. The first-order chi connectivity index (χ1) is 8.97. The van der Waals surface area contributed by atoms with Gasteiger partial charge in [-0.15, -0.1) is 0 Å². The van der Waals surface area contributed by atoms with Gasteiger partial charge in [-0.25, -0.2) is 0 Å². The molecule has 0 unspecified atom stereocenters. The van der Waals surface area contributed by atoms with Gasteiger partial charge < -0.3 is 9.88 Å². The van der Waals surface area contributed by atoms with Crippen molar-refractivity contribution in [1.29, 1.82) is 0 Å². The number of nitrogens with one attached hydrogen (secondary N) is 1. The highest BCUT2D eigenvalue weighted by Crippen LogP contribution is 2.09. The van der Waals surface area contributed by atoms with E-state index in [-0.39, 0.29) is 5.56 Å². The van der Waals surface area contributed by atoms with Crippen LogP contribution >= 0.6 is 0 Å². The van der Waals surface area contributed by atoms with Crippen LogP contribution in [0, 0.1) is 19.8 Å². The van der Waals surface area contributed by atoms with Gasteiger partial charge in [0.05, 0.1) is 0 Å². The number of hydrogen-bond donors (Lipinski definition) is 1. The van der Waals surface area contributed by atoms with Gasteiger partial charge in [-0.2, -0.15) is 0 Å². The van der Waals surface area contributed by atoms with Crippen LogP contribution < -0.4 is 10.9 Å². The maximum absolute atomic E-state index is 12.5. The van der Waals surface area contributed by atoms with Gasteiger partial charge in [-0.1, -0.05) is 20.8 Å². The molecule has 0 spiro atoms. The Hall–Kier alpha value is -1.09. The quantitative estimate of drug-likeness (QED) is 0.768. The van der Waals surface area contributed by atoms with Gasteiger partial charge >= 0.3 is 0 Å². The van der Waals surface area contributed by atoms with Crippen LogP contribution in [0.4, 0.5) is 0 Å². The van der Waals surface area contributed by atoms with E-state index in [0.29, 0.717) is 12.5 Å². The zero-order valence-electron chi connectivity index (χ0n) is 13.0. The standard InChI is InChI=1S/C16H28N2O/c1-6-8-17-11-15-13(4)10-14(5)18(16(15)19)9-7-12(2)3/h10,12,17H,6-9,11H2,1-5H3. The molecule has 0 saturated heterocycles. The zero-order valence-corrected chi connectivity index (χ0v) is 13.0. The monoisotopic (exact) mass is 264 g/mol. The number of nitrogens with zero attached hydrogens (tertiary/aromatic N) is 1. The third kappa shape index (κ3) is 4.50. The summed E-state index contributed by atoms with van der Waals surface area (Å²) in [6.45, 7) is 13.0. The molecule has 0 amide bonds. The maximum Gasteiger partial charge on any atom is 0.255 e. The summed E-state index contributed by atoms with van der Waals surface area (Å²) >= 11 is 0. The smallest absolute Gasteiger partial charge is 0.255 e. The first-order valence-electron chi connectivity index (χ1n) is 7.38. The number of aromatic nitrogens is 1. The largest absolute Gasteiger partial charge is 0.313 e. The van der Waals surface area contributed by atoms with Crippen molar-refractivity contribution in [2.75, 3.05) is 6.54 Å². The molecule has 0 bridgehead atoms. The predicted molar refractivity (Wildman–Crippen MR) is 81.6 cm³/mol. The third-order valence-electron chi connectivity index (χ3n) is 3.49. The van der Waals surface area contributed by atoms with Crippen molar-refractivity contribution in [1.82, 2.24) is 9.88 Å². The second-order valence-electron chi connectivity index (χ2n) is 5.76. The van der Waals surface area contributed by atoms with Gasteiger partial charge in [0.1, 0.15) is 0 Å². The molecule has 0 aliphatic rings. The molecule has 108 valence electrons. The molecule has 1 aromatic heterocycles. The molecule has 1 N–H and O–H groups in total. The van der Waals surface area contributed by atoms with Crippen molar-refractivity contribution < 1.29 is 0 Å². The Bertz CT molecular complexity index is 461. The summed E-state index contributed by atoms with van der Waals surface area (Å²) in [5.41, 5.74) is 3.28. The second-order valence-corrected chi connectivity index (χ2v) is 5.76. The fraction of sp³-hybridized carbons (Fsp3) is 0.688. The molecule has 0 saturated carbocycles. The van der Waals surface area contributed by atoms with Crippen LogP contribution in [0.5, 0.6) is 0 Å². The highest BCUT2D eigenvalue weighted by molar-refractivity contribution is 5.26. The van der Waals surface area contributed by atoms with Crippen LogP contribution in [0.3, 0.4) is 0 Å². The summed E-state index contributed by atoms with van der Waals surface area (Å²) in [5, 5.41) is 3.33. The van der Waals surface area contributed by atoms with Gasteiger partial charge in [0, 0.05) is 24.3 Å². The van der Waals surface area contributed by atoms with E-state index in [9.17, 15) is 4.79 Å². The average molecular weight is 264 g/mol. The van der Waals surface area contributed by atoms with E-state index in [0.717, 1.165) is 42.8 Å². The number of hydrogen-bond acceptors (Lipinski definition) is 2. The van der Waals surface area contributed by atoms with Gasteiger partial charge in [0.15, 0.2) is 0 Å². The van der Waals surface area contributed by atoms with Crippen LogP contribution in [-0.4, -0.2) is 11.1 Å². The predicted octanol–water partition coefficient (Wildman–Crippen LogP) is 3.01. The molecule has 1 rings (SSSR count). The van der Waals surface area contributed by atoms with E-state index in [2.05, 4.69) is 32.2 Å². The van der Waals surface area contributed by atoms with E-state index in [1.54, 1.807) is 0 Å². The van der Waals surface area contributed by atoms with E-state index >= 15 is 0 Å². The summed E-state index contributed by atoms with van der Waals surface area (Å²) in [4.78, 5) is 12.5. The normalized spacial score (nSPS) is 11.3. The van der Waals surface area contributed by atoms with Crippen LogP contribution in [-0.2, 0) is 13.1 Å². The van der Waals surface area contributed by atoms with Gasteiger partial charge in [-0.3, -0.25) is 4.79 Å². The lowest BCUT2D eigenvalue weighted by molar-refractivity contribution is 0.498. The van der Waals surface area contributed by atoms with Crippen LogP contribution in [0.2, 0.25) is 0 Å². The van der Waals surface area contributed by atoms with Crippen molar-refractivity contribution in [3.8, 4) is 0 Å². The minimum atomic E-state index is 0.182. The molecule has 1 heterocycles. The van der Waals surface area contributed by atoms with Crippen molar-refractivity contribution in [2.45, 2.75) is 60.5 Å². The number of aryl methyl sites for hydroxylation is 2. The van der Waals surface area contributed by atoms with Crippen LogP contribution in [0.25, 0.3) is 0 Å².